The molecule has 0 aliphatic heterocycles. The average molecular weight is 355 g/mol. The van der Waals surface area contributed by atoms with Crippen molar-refractivity contribution >= 4 is 44.6 Å². The monoisotopic (exact) mass is 354 g/mol. The Kier molecular flexibility index (Phi) is 4.92. The van der Waals surface area contributed by atoms with Gasteiger partial charge in [0.1, 0.15) is 0 Å². The fourth-order valence-electron chi connectivity index (χ4n) is 1.57. The molecule has 0 bridgehead atoms. The van der Waals surface area contributed by atoms with E-state index in [0.717, 1.165) is 10.2 Å². The number of methoxy groups -OCH3 is 1. The predicted octanol–water partition coefficient (Wildman–Crippen LogP) is 4.41. The van der Waals surface area contributed by atoms with Crippen LogP contribution in [0.2, 0.25) is 0 Å². The maximum absolute atomic E-state index is 13.5. The molecule has 3 nitrogen and oxygen atoms in total. The number of ether oxygens (including phenoxy) is 1. The van der Waals surface area contributed by atoms with Crippen molar-refractivity contribution in [3.63, 3.8) is 0 Å². The van der Waals surface area contributed by atoms with Crippen LogP contribution in [0.15, 0.2) is 46.9 Å². The highest BCUT2D eigenvalue weighted by atomic mass is 79.9. The molecule has 0 aliphatic rings. The lowest BCUT2D eigenvalue weighted by molar-refractivity contribution is 0.387. The minimum atomic E-state index is -0.441. The van der Waals surface area contributed by atoms with Crippen molar-refractivity contribution in [1.82, 2.24) is 0 Å². The summed E-state index contributed by atoms with van der Waals surface area (Å²) in [4.78, 5) is 0. The largest absolute Gasteiger partial charge is 0.494 e. The molecule has 0 heterocycles. The van der Waals surface area contributed by atoms with Crippen molar-refractivity contribution in [2.45, 2.75) is 0 Å². The number of anilines is 2. The fraction of sp³-hybridized carbons (Fsp3) is 0.0714. The Hall–Kier alpha value is -1.66. The van der Waals surface area contributed by atoms with Gasteiger partial charge >= 0.3 is 0 Å². The molecule has 0 aromatic heterocycles. The third kappa shape index (κ3) is 3.91. The van der Waals surface area contributed by atoms with E-state index in [2.05, 4.69) is 26.6 Å². The van der Waals surface area contributed by atoms with Gasteiger partial charge < -0.3 is 15.4 Å². The number of hydrogen-bond acceptors (Lipinski definition) is 2. The van der Waals surface area contributed by atoms with E-state index < -0.39 is 5.82 Å². The second-order valence-corrected chi connectivity index (χ2v) is 5.26. The van der Waals surface area contributed by atoms with Crippen molar-refractivity contribution in [3.8, 4) is 5.75 Å². The Morgan fingerprint density at radius 3 is 2.30 bits per heavy atom. The molecule has 0 fully saturated rings. The molecule has 0 radical (unpaired) electrons. The lowest BCUT2D eigenvalue weighted by atomic mass is 10.3. The van der Waals surface area contributed by atoms with Gasteiger partial charge in [0, 0.05) is 21.9 Å². The molecular weight excluding hydrogens is 343 g/mol. The Bertz CT molecular complexity index is 619. The van der Waals surface area contributed by atoms with E-state index in [0.29, 0.717) is 10.8 Å². The first-order valence-corrected chi connectivity index (χ1v) is 6.96. The van der Waals surface area contributed by atoms with E-state index in [4.69, 9.17) is 17.0 Å². The first-order chi connectivity index (χ1) is 9.58. The first kappa shape index (κ1) is 14.7. The van der Waals surface area contributed by atoms with Gasteiger partial charge in [-0.05, 0) is 48.6 Å². The lowest BCUT2D eigenvalue weighted by Gasteiger charge is -2.11. The van der Waals surface area contributed by atoms with E-state index in [9.17, 15) is 4.39 Å². The van der Waals surface area contributed by atoms with E-state index in [1.165, 1.54) is 13.2 Å². The molecule has 0 unspecified atom stereocenters. The molecule has 6 heteroatoms. The molecule has 2 rings (SSSR count). The summed E-state index contributed by atoms with van der Waals surface area (Å²) >= 11 is 8.52. The second kappa shape index (κ2) is 6.67. The molecule has 0 atom stereocenters. The van der Waals surface area contributed by atoms with Crippen molar-refractivity contribution < 1.29 is 9.13 Å². The molecule has 104 valence electrons. The zero-order valence-corrected chi connectivity index (χ0v) is 13.0. The Labute approximate surface area is 130 Å². The quantitative estimate of drug-likeness (QED) is 0.800. The summed E-state index contributed by atoms with van der Waals surface area (Å²) in [6, 6.07) is 12.1. The van der Waals surface area contributed by atoms with Gasteiger partial charge in [0.25, 0.3) is 0 Å². The number of benzene rings is 2. The van der Waals surface area contributed by atoms with Crippen LogP contribution in [0.3, 0.4) is 0 Å². The smallest absolute Gasteiger partial charge is 0.175 e. The molecule has 0 amide bonds. The fourth-order valence-corrected chi connectivity index (χ4v) is 2.07. The number of halogens is 2. The maximum Gasteiger partial charge on any atom is 0.175 e. The zero-order chi connectivity index (χ0) is 14.5. The SMILES string of the molecule is COc1ccc(NC(=S)Nc2ccc(Br)cc2)cc1F. The number of hydrogen-bond donors (Lipinski definition) is 2. The molecule has 0 saturated heterocycles. The van der Waals surface area contributed by atoms with E-state index in [1.807, 2.05) is 24.3 Å². The van der Waals surface area contributed by atoms with Gasteiger partial charge in [-0.2, -0.15) is 0 Å². The molecule has 0 spiro atoms. The van der Waals surface area contributed by atoms with E-state index in [1.54, 1.807) is 12.1 Å². The van der Waals surface area contributed by atoms with Crippen LogP contribution in [-0.4, -0.2) is 12.2 Å². The van der Waals surface area contributed by atoms with Gasteiger partial charge in [0.05, 0.1) is 7.11 Å². The van der Waals surface area contributed by atoms with Gasteiger partial charge in [0.15, 0.2) is 16.7 Å². The Morgan fingerprint density at radius 2 is 1.70 bits per heavy atom. The molecule has 2 aromatic rings. The molecule has 2 aromatic carbocycles. The van der Waals surface area contributed by atoms with Crippen LogP contribution in [0.5, 0.6) is 5.75 Å². The summed E-state index contributed by atoms with van der Waals surface area (Å²) in [6.07, 6.45) is 0. The number of thiocarbonyl (C=S) groups is 1. The third-order valence-corrected chi connectivity index (χ3v) is 3.24. The normalized spacial score (nSPS) is 9.95. The van der Waals surface area contributed by atoms with Crippen LogP contribution < -0.4 is 15.4 Å². The minimum absolute atomic E-state index is 0.197. The lowest BCUT2D eigenvalue weighted by Crippen LogP contribution is -2.19. The molecule has 0 aliphatic carbocycles. The second-order valence-electron chi connectivity index (χ2n) is 3.94. The predicted molar refractivity (Wildman–Crippen MR) is 86.9 cm³/mol. The van der Waals surface area contributed by atoms with Crippen molar-refractivity contribution in [1.29, 1.82) is 0 Å². The average Bonchev–Trinajstić information content (AvgIpc) is 2.41. The highest BCUT2D eigenvalue weighted by Crippen LogP contribution is 2.21. The van der Waals surface area contributed by atoms with Gasteiger partial charge in [-0.15, -0.1) is 0 Å². The zero-order valence-electron chi connectivity index (χ0n) is 10.6. The highest BCUT2D eigenvalue weighted by molar-refractivity contribution is 9.10. The summed E-state index contributed by atoms with van der Waals surface area (Å²) in [6.45, 7) is 0. The van der Waals surface area contributed by atoms with Crippen LogP contribution in [0.4, 0.5) is 15.8 Å². The summed E-state index contributed by atoms with van der Waals surface area (Å²) in [5.74, 6) is -0.244. The van der Waals surface area contributed by atoms with Crippen LogP contribution in [0.25, 0.3) is 0 Å². The van der Waals surface area contributed by atoms with E-state index >= 15 is 0 Å². The highest BCUT2D eigenvalue weighted by Gasteiger charge is 2.05. The molecule has 0 saturated carbocycles. The molecular formula is C14H12BrFN2OS. The minimum Gasteiger partial charge on any atom is -0.494 e. The van der Waals surface area contributed by atoms with Crippen molar-refractivity contribution in [2.75, 3.05) is 17.7 Å². The summed E-state index contributed by atoms with van der Waals surface area (Å²) in [5, 5.41) is 6.31. The van der Waals surface area contributed by atoms with Crippen LogP contribution >= 0.6 is 28.1 Å². The Morgan fingerprint density at radius 1 is 1.10 bits per heavy atom. The standard InChI is InChI=1S/C14H12BrFN2OS/c1-19-13-7-6-11(8-12(13)16)18-14(20)17-10-4-2-9(15)3-5-10/h2-8H,1H3,(H2,17,18,20). The van der Waals surface area contributed by atoms with Gasteiger partial charge in [-0.25, -0.2) is 4.39 Å². The summed E-state index contributed by atoms with van der Waals surface area (Å²) < 4.78 is 19.4. The van der Waals surface area contributed by atoms with Crippen LogP contribution in [-0.2, 0) is 0 Å². The number of rotatable bonds is 3. The molecule has 20 heavy (non-hydrogen) atoms. The van der Waals surface area contributed by atoms with Gasteiger partial charge in [-0.3, -0.25) is 0 Å². The van der Waals surface area contributed by atoms with E-state index in [-0.39, 0.29) is 5.75 Å². The molecule has 2 N–H and O–H groups in total. The van der Waals surface area contributed by atoms with Gasteiger partial charge in [0.2, 0.25) is 0 Å². The summed E-state index contributed by atoms with van der Waals surface area (Å²) in [5.41, 5.74) is 1.40. The number of nitrogens with one attached hydrogen (secondary N) is 2. The van der Waals surface area contributed by atoms with Crippen LogP contribution in [0.1, 0.15) is 0 Å². The van der Waals surface area contributed by atoms with Crippen molar-refractivity contribution in [2.24, 2.45) is 0 Å². The third-order valence-electron chi connectivity index (χ3n) is 2.51. The Balaban J connectivity index is 2.01. The first-order valence-electron chi connectivity index (χ1n) is 5.75. The van der Waals surface area contributed by atoms with Gasteiger partial charge in [-0.1, -0.05) is 15.9 Å². The van der Waals surface area contributed by atoms with Crippen LogP contribution in [0, 0.1) is 5.82 Å². The summed E-state index contributed by atoms with van der Waals surface area (Å²) in [7, 11) is 1.42. The maximum atomic E-state index is 13.5. The topological polar surface area (TPSA) is 33.3 Å². The van der Waals surface area contributed by atoms with Crippen molar-refractivity contribution in [3.05, 3.63) is 52.8 Å².